The van der Waals surface area contributed by atoms with Crippen LogP contribution in [0.4, 0.5) is 0 Å². The van der Waals surface area contributed by atoms with Gasteiger partial charge in [0.1, 0.15) is 11.5 Å². The van der Waals surface area contributed by atoms with E-state index in [0.717, 1.165) is 5.69 Å². The lowest BCUT2D eigenvalue weighted by molar-refractivity contribution is 0.0954. The number of aliphatic hydroxyl groups is 1. The average molecular weight is 275 g/mol. The lowest BCUT2D eigenvalue weighted by atomic mass is 10.2. The summed E-state index contributed by atoms with van der Waals surface area (Å²) in [4.78, 5) is 12.6. The van der Waals surface area contributed by atoms with E-state index in [2.05, 4.69) is 22.3 Å². The Morgan fingerprint density at radius 1 is 1.58 bits per heavy atom. The van der Waals surface area contributed by atoms with Crippen molar-refractivity contribution in [3.05, 3.63) is 39.8 Å². The van der Waals surface area contributed by atoms with Crippen LogP contribution in [-0.2, 0) is 13.6 Å². The highest BCUT2D eigenvalue weighted by molar-refractivity contribution is 7.12. The molecule has 0 aromatic carbocycles. The van der Waals surface area contributed by atoms with E-state index in [-0.39, 0.29) is 12.5 Å². The zero-order valence-electron chi connectivity index (χ0n) is 10.4. The quantitative estimate of drug-likeness (QED) is 0.813. The molecule has 0 radical (unpaired) electrons. The van der Waals surface area contributed by atoms with Crippen molar-refractivity contribution in [2.75, 3.05) is 6.61 Å². The van der Waals surface area contributed by atoms with Gasteiger partial charge in [-0.25, -0.2) is 0 Å². The van der Waals surface area contributed by atoms with E-state index in [1.807, 2.05) is 13.1 Å². The minimum Gasteiger partial charge on any atom is -0.384 e. The summed E-state index contributed by atoms with van der Waals surface area (Å²) in [5, 5.41) is 17.3. The van der Waals surface area contributed by atoms with Gasteiger partial charge in [-0.2, -0.15) is 5.10 Å². The largest absolute Gasteiger partial charge is 0.384 e. The van der Waals surface area contributed by atoms with Gasteiger partial charge in [0, 0.05) is 18.8 Å². The second kappa shape index (κ2) is 6.18. The molecule has 5 nitrogen and oxygen atoms in total. The molecule has 0 atom stereocenters. The number of aryl methyl sites for hydroxylation is 1. The van der Waals surface area contributed by atoms with Gasteiger partial charge in [-0.3, -0.25) is 9.48 Å². The maximum atomic E-state index is 12.0. The minimum atomic E-state index is -0.216. The van der Waals surface area contributed by atoms with E-state index in [4.69, 9.17) is 5.11 Å². The highest BCUT2D eigenvalue weighted by atomic mass is 32.1. The fourth-order valence-corrected chi connectivity index (χ4v) is 2.31. The number of amides is 1. The number of hydrogen-bond acceptors (Lipinski definition) is 4. The molecular weight excluding hydrogens is 262 g/mol. The van der Waals surface area contributed by atoms with E-state index in [0.29, 0.717) is 17.0 Å². The molecule has 2 aromatic heterocycles. The Bertz CT molecular complexity index is 634. The molecule has 0 aliphatic carbocycles. The summed E-state index contributed by atoms with van der Waals surface area (Å²) in [5.41, 5.74) is 1.56. The lowest BCUT2D eigenvalue weighted by Gasteiger charge is -2.04. The first-order valence-corrected chi connectivity index (χ1v) is 6.52. The Hall–Kier alpha value is -2.10. The number of nitrogens with zero attached hydrogens (tertiary/aromatic N) is 2. The highest BCUT2D eigenvalue weighted by Gasteiger charge is 2.12. The van der Waals surface area contributed by atoms with Crippen molar-refractivity contribution in [2.24, 2.45) is 7.05 Å². The highest BCUT2D eigenvalue weighted by Crippen LogP contribution is 2.15. The molecule has 0 aliphatic rings. The van der Waals surface area contributed by atoms with Crippen LogP contribution in [0.1, 0.15) is 20.9 Å². The number of nitrogens with one attached hydrogen (secondary N) is 1. The molecule has 1 amide bonds. The number of aromatic nitrogens is 2. The minimum absolute atomic E-state index is 0.168. The van der Waals surface area contributed by atoms with Gasteiger partial charge in [0.05, 0.1) is 12.2 Å². The maximum absolute atomic E-state index is 12.0. The summed E-state index contributed by atoms with van der Waals surface area (Å²) in [6, 6.07) is 3.62. The number of hydrogen-bond donors (Lipinski definition) is 2. The SMILES string of the molecule is Cn1nccc1CNC(=O)c1sccc1C#CCO. The molecule has 2 N–H and O–H groups in total. The normalized spacial score (nSPS) is 9.79. The van der Waals surface area contributed by atoms with E-state index in [9.17, 15) is 4.79 Å². The molecule has 0 spiro atoms. The Labute approximate surface area is 114 Å². The van der Waals surface area contributed by atoms with Crippen LogP contribution in [0.25, 0.3) is 0 Å². The zero-order valence-corrected chi connectivity index (χ0v) is 11.2. The van der Waals surface area contributed by atoms with Crippen LogP contribution in [0, 0.1) is 11.8 Å². The first kappa shape index (κ1) is 13.3. The topological polar surface area (TPSA) is 67.2 Å². The van der Waals surface area contributed by atoms with Gasteiger partial charge in [0.25, 0.3) is 5.91 Å². The molecule has 0 saturated carbocycles. The van der Waals surface area contributed by atoms with Crippen LogP contribution < -0.4 is 5.32 Å². The molecule has 0 unspecified atom stereocenters. The van der Waals surface area contributed by atoms with Crippen molar-refractivity contribution in [1.29, 1.82) is 0 Å². The van der Waals surface area contributed by atoms with Gasteiger partial charge < -0.3 is 10.4 Å². The van der Waals surface area contributed by atoms with Crippen molar-refractivity contribution < 1.29 is 9.90 Å². The molecule has 2 rings (SSSR count). The standard InChI is InChI=1S/C13H13N3O2S/c1-16-11(4-6-15-16)9-14-13(18)12-10(3-2-7-17)5-8-19-12/h4-6,8,17H,7,9H2,1H3,(H,14,18). The molecule has 6 heteroatoms. The van der Waals surface area contributed by atoms with Crippen molar-refractivity contribution in [1.82, 2.24) is 15.1 Å². The third kappa shape index (κ3) is 3.22. The van der Waals surface area contributed by atoms with Crippen LogP contribution in [0.3, 0.4) is 0 Å². The van der Waals surface area contributed by atoms with Gasteiger partial charge in [0.15, 0.2) is 0 Å². The predicted molar refractivity (Wildman–Crippen MR) is 72.7 cm³/mol. The molecular formula is C13H13N3O2S. The van der Waals surface area contributed by atoms with E-state index < -0.39 is 0 Å². The van der Waals surface area contributed by atoms with Crippen molar-refractivity contribution in [2.45, 2.75) is 6.54 Å². The number of rotatable bonds is 3. The van der Waals surface area contributed by atoms with Crippen LogP contribution in [0.2, 0.25) is 0 Å². The van der Waals surface area contributed by atoms with Crippen LogP contribution in [0.15, 0.2) is 23.7 Å². The second-order valence-electron chi connectivity index (χ2n) is 3.75. The van der Waals surface area contributed by atoms with Gasteiger partial charge in [-0.1, -0.05) is 11.8 Å². The second-order valence-corrected chi connectivity index (χ2v) is 4.67. The zero-order chi connectivity index (χ0) is 13.7. The molecule has 98 valence electrons. The fraction of sp³-hybridized carbons (Fsp3) is 0.231. The van der Waals surface area contributed by atoms with E-state index in [1.165, 1.54) is 11.3 Å². The van der Waals surface area contributed by atoms with Crippen molar-refractivity contribution in [3.63, 3.8) is 0 Å². The third-order valence-electron chi connectivity index (χ3n) is 2.53. The van der Waals surface area contributed by atoms with Gasteiger partial charge in [0.2, 0.25) is 0 Å². The Morgan fingerprint density at radius 2 is 2.42 bits per heavy atom. The summed E-state index contributed by atoms with van der Waals surface area (Å²) in [7, 11) is 1.82. The van der Waals surface area contributed by atoms with Gasteiger partial charge in [-0.15, -0.1) is 11.3 Å². The lowest BCUT2D eigenvalue weighted by Crippen LogP contribution is -2.23. The van der Waals surface area contributed by atoms with Crippen LogP contribution in [-0.4, -0.2) is 27.4 Å². The predicted octanol–water partition coefficient (Wildman–Crippen LogP) is 0.755. The summed E-state index contributed by atoms with van der Waals surface area (Å²) < 4.78 is 1.71. The third-order valence-corrected chi connectivity index (χ3v) is 3.44. The van der Waals surface area contributed by atoms with E-state index >= 15 is 0 Å². The van der Waals surface area contributed by atoms with Gasteiger partial charge in [-0.05, 0) is 17.5 Å². The number of carbonyl (C=O) groups excluding carboxylic acids is 1. The molecule has 0 fully saturated rings. The van der Waals surface area contributed by atoms with Crippen molar-refractivity contribution >= 4 is 17.2 Å². The molecule has 2 heterocycles. The molecule has 2 aromatic rings. The van der Waals surface area contributed by atoms with E-state index in [1.54, 1.807) is 22.3 Å². The maximum Gasteiger partial charge on any atom is 0.262 e. The van der Waals surface area contributed by atoms with Crippen molar-refractivity contribution in [3.8, 4) is 11.8 Å². The first-order valence-electron chi connectivity index (χ1n) is 5.64. The Kier molecular flexibility index (Phi) is 4.34. The number of aliphatic hydroxyl groups excluding tert-OH is 1. The van der Waals surface area contributed by atoms with Crippen LogP contribution >= 0.6 is 11.3 Å². The average Bonchev–Trinajstić information content (AvgIpc) is 3.02. The number of carbonyl (C=O) groups is 1. The smallest absolute Gasteiger partial charge is 0.262 e. The molecule has 0 bridgehead atoms. The Balaban J connectivity index is 2.04. The fourth-order valence-electron chi connectivity index (χ4n) is 1.54. The number of thiophene rings is 1. The molecule has 19 heavy (non-hydrogen) atoms. The summed E-state index contributed by atoms with van der Waals surface area (Å²) >= 11 is 1.33. The Morgan fingerprint density at radius 3 is 3.11 bits per heavy atom. The van der Waals surface area contributed by atoms with Gasteiger partial charge >= 0.3 is 0 Å². The summed E-state index contributed by atoms with van der Waals surface area (Å²) in [5.74, 6) is 5.14. The first-order chi connectivity index (χ1) is 9.22. The molecule has 0 saturated heterocycles. The summed E-state index contributed by atoms with van der Waals surface area (Å²) in [6.07, 6.45) is 1.69. The summed E-state index contributed by atoms with van der Waals surface area (Å²) in [6.45, 7) is 0.200. The monoisotopic (exact) mass is 275 g/mol. The molecule has 0 aliphatic heterocycles. The van der Waals surface area contributed by atoms with Crippen LogP contribution in [0.5, 0.6) is 0 Å².